The molecule has 0 aromatic heterocycles. The van der Waals surface area contributed by atoms with E-state index in [0.29, 0.717) is 31.2 Å². The quantitative estimate of drug-likeness (QED) is 0.870. The van der Waals surface area contributed by atoms with Crippen molar-refractivity contribution in [2.75, 3.05) is 18.8 Å². The van der Waals surface area contributed by atoms with E-state index in [1.807, 2.05) is 23.6 Å². The molecule has 120 valence electrons. The Bertz CT molecular complexity index is 418. The Balaban J connectivity index is 2.22. The van der Waals surface area contributed by atoms with E-state index in [-0.39, 0.29) is 12.1 Å². The van der Waals surface area contributed by atoms with Crippen molar-refractivity contribution in [1.29, 1.82) is 0 Å². The minimum Gasteiger partial charge on any atom is -0.479 e. The van der Waals surface area contributed by atoms with Gasteiger partial charge in [0.05, 0.1) is 0 Å². The number of carbonyl (C=O) groups excluding carboxylic acids is 1. The van der Waals surface area contributed by atoms with E-state index in [1.165, 1.54) is 0 Å². The molecule has 0 bridgehead atoms. The van der Waals surface area contributed by atoms with E-state index in [4.69, 9.17) is 0 Å². The second kappa shape index (κ2) is 6.46. The minimum absolute atomic E-state index is 0.0806. The SMILES string of the molecule is CCCC1(C(=O)O)CCCN1C(=O)N1CCSC(C)C1C. The number of thioether (sulfide) groups is 1. The summed E-state index contributed by atoms with van der Waals surface area (Å²) in [5.41, 5.74) is -0.987. The maximum absolute atomic E-state index is 12.9. The first-order valence-corrected chi connectivity index (χ1v) is 8.92. The highest BCUT2D eigenvalue weighted by atomic mass is 32.2. The number of carboxylic acid groups (broad SMARTS) is 1. The molecular formula is C15H26N2O3S. The Hall–Kier alpha value is -0.910. The fraction of sp³-hybridized carbons (Fsp3) is 0.867. The number of amides is 2. The van der Waals surface area contributed by atoms with Crippen LogP contribution in [0.25, 0.3) is 0 Å². The van der Waals surface area contributed by atoms with Gasteiger partial charge in [-0.25, -0.2) is 9.59 Å². The molecule has 2 fully saturated rings. The van der Waals surface area contributed by atoms with Crippen LogP contribution in [-0.2, 0) is 4.79 Å². The molecule has 2 aliphatic heterocycles. The first-order valence-electron chi connectivity index (χ1n) is 7.87. The minimum atomic E-state index is -0.987. The molecule has 21 heavy (non-hydrogen) atoms. The first kappa shape index (κ1) is 16.5. The van der Waals surface area contributed by atoms with Crippen molar-refractivity contribution in [3.05, 3.63) is 0 Å². The highest BCUT2D eigenvalue weighted by molar-refractivity contribution is 8.00. The number of nitrogens with zero attached hydrogens (tertiary/aromatic N) is 2. The molecule has 3 atom stereocenters. The number of likely N-dealkylation sites (tertiary alicyclic amines) is 1. The second-order valence-electron chi connectivity index (χ2n) is 6.13. The van der Waals surface area contributed by atoms with E-state index >= 15 is 0 Å². The fourth-order valence-electron chi connectivity index (χ4n) is 3.52. The van der Waals surface area contributed by atoms with Gasteiger partial charge in [0.25, 0.3) is 0 Å². The number of carboxylic acids is 1. The third-order valence-electron chi connectivity index (χ3n) is 4.91. The van der Waals surface area contributed by atoms with Crippen LogP contribution in [0, 0.1) is 0 Å². The van der Waals surface area contributed by atoms with Gasteiger partial charge in [-0.15, -0.1) is 0 Å². The molecule has 2 aliphatic rings. The van der Waals surface area contributed by atoms with E-state index in [1.54, 1.807) is 4.90 Å². The Morgan fingerprint density at radius 2 is 2.05 bits per heavy atom. The van der Waals surface area contributed by atoms with Crippen molar-refractivity contribution < 1.29 is 14.7 Å². The monoisotopic (exact) mass is 314 g/mol. The molecular weight excluding hydrogens is 288 g/mol. The zero-order valence-corrected chi connectivity index (χ0v) is 14.0. The molecule has 3 unspecified atom stereocenters. The third-order valence-corrected chi connectivity index (χ3v) is 6.25. The van der Waals surface area contributed by atoms with Gasteiger partial charge in [0, 0.05) is 30.1 Å². The predicted molar refractivity (Wildman–Crippen MR) is 84.7 cm³/mol. The number of urea groups is 1. The van der Waals surface area contributed by atoms with E-state index in [2.05, 4.69) is 13.8 Å². The average molecular weight is 314 g/mol. The van der Waals surface area contributed by atoms with E-state index < -0.39 is 11.5 Å². The van der Waals surface area contributed by atoms with Crippen LogP contribution in [0.15, 0.2) is 0 Å². The molecule has 2 rings (SSSR count). The molecule has 5 nitrogen and oxygen atoms in total. The van der Waals surface area contributed by atoms with Crippen molar-refractivity contribution in [3.63, 3.8) is 0 Å². The van der Waals surface area contributed by atoms with Crippen molar-refractivity contribution in [3.8, 4) is 0 Å². The molecule has 6 heteroatoms. The summed E-state index contributed by atoms with van der Waals surface area (Å²) in [6, 6.07) is 0.0768. The molecule has 0 radical (unpaired) electrons. The zero-order valence-electron chi connectivity index (χ0n) is 13.2. The summed E-state index contributed by atoms with van der Waals surface area (Å²) in [5, 5.41) is 10.1. The van der Waals surface area contributed by atoms with Gasteiger partial charge in [0.15, 0.2) is 0 Å². The summed E-state index contributed by atoms with van der Waals surface area (Å²) in [6.07, 6.45) is 2.68. The number of carbonyl (C=O) groups is 2. The van der Waals surface area contributed by atoms with Crippen molar-refractivity contribution >= 4 is 23.8 Å². The number of rotatable bonds is 3. The lowest BCUT2D eigenvalue weighted by Crippen LogP contribution is -2.60. The van der Waals surface area contributed by atoms with E-state index in [9.17, 15) is 14.7 Å². The van der Waals surface area contributed by atoms with Gasteiger partial charge in [-0.3, -0.25) is 0 Å². The highest BCUT2D eigenvalue weighted by Gasteiger charge is 2.51. The van der Waals surface area contributed by atoms with Crippen molar-refractivity contribution in [2.24, 2.45) is 0 Å². The van der Waals surface area contributed by atoms with Crippen LogP contribution in [0.1, 0.15) is 46.5 Å². The topological polar surface area (TPSA) is 60.9 Å². The molecule has 2 heterocycles. The van der Waals surface area contributed by atoms with Crippen LogP contribution in [-0.4, -0.2) is 62.6 Å². The molecule has 2 amide bonds. The molecule has 2 saturated heterocycles. The second-order valence-corrected chi connectivity index (χ2v) is 7.62. The lowest BCUT2D eigenvalue weighted by molar-refractivity contribution is -0.149. The summed E-state index contributed by atoms with van der Waals surface area (Å²) in [4.78, 5) is 28.3. The Morgan fingerprint density at radius 1 is 1.33 bits per heavy atom. The predicted octanol–water partition coefficient (Wildman–Crippen LogP) is 2.65. The molecule has 1 N–H and O–H groups in total. The largest absolute Gasteiger partial charge is 0.479 e. The lowest BCUT2D eigenvalue weighted by Gasteiger charge is -2.43. The number of hydrogen-bond donors (Lipinski definition) is 1. The van der Waals surface area contributed by atoms with Crippen molar-refractivity contribution in [1.82, 2.24) is 9.80 Å². The molecule has 0 aliphatic carbocycles. The fourth-order valence-corrected chi connectivity index (χ4v) is 4.62. The van der Waals surface area contributed by atoms with Crippen LogP contribution in [0.3, 0.4) is 0 Å². The van der Waals surface area contributed by atoms with Gasteiger partial charge in [-0.05, 0) is 26.2 Å². The van der Waals surface area contributed by atoms with Gasteiger partial charge in [0.1, 0.15) is 5.54 Å². The maximum Gasteiger partial charge on any atom is 0.329 e. The van der Waals surface area contributed by atoms with Gasteiger partial charge in [-0.1, -0.05) is 20.3 Å². The van der Waals surface area contributed by atoms with Crippen LogP contribution in [0.2, 0.25) is 0 Å². The van der Waals surface area contributed by atoms with E-state index in [0.717, 1.165) is 18.6 Å². The van der Waals surface area contributed by atoms with Gasteiger partial charge in [0.2, 0.25) is 0 Å². The highest BCUT2D eigenvalue weighted by Crippen LogP contribution is 2.36. The Morgan fingerprint density at radius 3 is 2.67 bits per heavy atom. The summed E-state index contributed by atoms with van der Waals surface area (Å²) in [5.74, 6) is 0.0844. The van der Waals surface area contributed by atoms with Gasteiger partial charge >= 0.3 is 12.0 Å². The molecule has 0 saturated carbocycles. The molecule has 0 aromatic carbocycles. The summed E-state index contributed by atoms with van der Waals surface area (Å²) in [6.45, 7) is 7.46. The average Bonchev–Trinajstić information content (AvgIpc) is 2.86. The van der Waals surface area contributed by atoms with Crippen LogP contribution >= 0.6 is 11.8 Å². The van der Waals surface area contributed by atoms with Gasteiger partial charge in [-0.2, -0.15) is 11.8 Å². The number of hydrogen-bond acceptors (Lipinski definition) is 3. The Labute approximate surface area is 131 Å². The first-order chi connectivity index (χ1) is 9.94. The summed E-state index contributed by atoms with van der Waals surface area (Å²) >= 11 is 1.88. The summed E-state index contributed by atoms with van der Waals surface area (Å²) < 4.78 is 0. The van der Waals surface area contributed by atoms with Crippen LogP contribution in [0.4, 0.5) is 4.79 Å². The summed E-state index contributed by atoms with van der Waals surface area (Å²) in [7, 11) is 0. The normalized spacial score (nSPS) is 33.3. The smallest absolute Gasteiger partial charge is 0.329 e. The Kier molecular flexibility index (Phi) is 5.07. The van der Waals surface area contributed by atoms with Crippen LogP contribution in [0.5, 0.6) is 0 Å². The number of aliphatic carboxylic acids is 1. The van der Waals surface area contributed by atoms with Gasteiger partial charge < -0.3 is 14.9 Å². The van der Waals surface area contributed by atoms with Crippen LogP contribution < -0.4 is 0 Å². The maximum atomic E-state index is 12.9. The van der Waals surface area contributed by atoms with Crippen molar-refractivity contribution in [2.45, 2.75) is 63.3 Å². The standard InChI is InChI=1S/C15H26N2O3S/c1-4-6-15(13(18)19)7-5-8-17(15)14(20)16-9-10-21-12(3)11(16)2/h11-12H,4-10H2,1-3H3,(H,18,19). The third kappa shape index (κ3) is 2.87. The zero-order chi connectivity index (χ0) is 15.6. The lowest BCUT2D eigenvalue weighted by atomic mass is 9.91. The molecule has 0 spiro atoms. The molecule has 0 aromatic rings.